The summed E-state index contributed by atoms with van der Waals surface area (Å²) < 4.78 is 1.74. The second-order valence-corrected chi connectivity index (χ2v) is 5.53. The maximum absolute atomic E-state index is 4.64. The van der Waals surface area contributed by atoms with Crippen LogP contribution >= 0.6 is 11.3 Å². The molecule has 0 aliphatic rings. The van der Waals surface area contributed by atoms with Gasteiger partial charge in [-0.2, -0.15) is 0 Å². The molecule has 92 valence electrons. The topological polar surface area (TPSA) is 43.1 Å². The monoisotopic (exact) mass is 266 g/mol. The lowest BCUT2D eigenvalue weighted by molar-refractivity contribution is 0.938. The van der Waals surface area contributed by atoms with E-state index >= 15 is 0 Å². The highest BCUT2D eigenvalue weighted by molar-refractivity contribution is 7.10. The minimum atomic E-state index is 0.752. The third-order valence-corrected chi connectivity index (χ3v) is 3.93. The van der Waals surface area contributed by atoms with Gasteiger partial charge in [-0.05, 0) is 25.1 Å². The molecule has 5 heteroatoms. The van der Waals surface area contributed by atoms with Gasteiger partial charge in [-0.25, -0.2) is 14.5 Å². The highest BCUT2D eigenvalue weighted by atomic mass is 32.1. The van der Waals surface area contributed by atoms with Crippen molar-refractivity contribution >= 4 is 27.9 Å². The summed E-state index contributed by atoms with van der Waals surface area (Å²) in [6.45, 7) is 2.08. The van der Waals surface area contributed by atoms with Crippen LogP contribution in [0.25, 0.3) is 27.9 Å². The summed E-state index contributed by atoms with van der Waals surface area (Å²) in [5.41, 5.74) is 2.86. The Labute approximate surface area is 113 Å². The molecule has 0 aliphatic heterocycles. The third kappa shape index (κ3) is 1.62. The molecule has 19 heavy (non-hydrogen) atoms. The van der Waals surface area contributed by atoms with Gasteiger partial charge in [0.15, 0.2) is 11.5 Å². The summed E-state index contributed by atoms with van der Waals surface area (Å²) in [4.78, 5) is 10.3. The van der Waals surface area contributed by atoms with Crippen LogP contribution in [-0.2, 0) is 0 Å². The largest absolute Gasteiger partial charge is 0.236 e. The molecular weight excluding hydrogens is 256 g/mol. The van der Waals surface area contributed by atoms with Crippen LogP contribution in [0.3, 0.4) is 0 Å². The molecule has 0 saturated carbocycles. The van der Waals surface area contributed by atoms with Crippen LogP contribution in [0.4, 0.5) is 0 Å². The molecule has 0 saturated heterocycles. The average Bonchev–Trinajstić information content (AvgIpc) is 3.04. The lowest BCUT2D eigenvalue weighted by atomic mass is 10.2. The number of fused-ring (bicyclic) bond motifs is 3. The first-order chi connectivity index (χ1) is 9.31. The molecule has 0 aliphatic carbocycles. The number of aryl methyl sites for hydroxylation is 1. The smallest absolute Gasteiger partial charge is 0.183 e. The molecule has 0 spiro atoms. The van der Waals surface area contributed by atoms with Crippen molar-refractivity contribution in [2.45, 2.75) is 6.92 Å². The molecule has 3 aromatic heterocycles. The van der Waals surface area contributed by atoms with Crippen molar-refractivity contribution in [3.05, 3.63) is 46.9 Å². The predicted octanol–water partition coefficient (Wildman–Crippen LogP) is 3.31. The van der Waals surface area contributed by atoms with Crippen LogP contribution in [0.15, 0.2) is 42.0 Å². The Morgan fingerprint density at radius 2 is 2.11 bits per heavy atom. The Morgan fingerprint density at radius 1 is 1.21 bits per heavy atom. The van der Waals surface area contributed by atoms with Crippen LogP contribution < -0.4 is 0 Å². The van der Waals surface area contributed by atoms with Gasteiger partial charge in [0.2, 0.25) is 0 Å². The maximum atomic E-state index is 4.64. The summed E-state index contributed by atoms with van der Waals surface area (Å²) in [6.07, 6.45) is 1.72. The number of benzene rings is 1. The average molecular weight is 266 g/mol. The molecule has 1 aromatic carbocycles. The molecule has 0 N–H and O–H groups in total. The number of hydrogen-bond acceptors (Lipinski definition) is 4. The van der Waals surface area contributed by atoms with Crippen molar-refractivity contribution in [3.63, 3.8) is 0 Å². The molecule has 4 nitrogen and oxygen atoms in total. The van der Waals surface area contributed by atoms with Gasteiger partial charge in [-0.3, -0.25) is 0 Å². The first kappa shape index (κ1) is 10.6. The molecule has 0 unspecified atom stereocenters. The van der Waals surface area contributed by atoms with Gasteiger partial charge < -0.3 is 0 Å². The Hall–Kier alpha value is -2.27. The van der Waals surface area contributed by atoms with Gasteiger partial charge in [0, 0.05) is 21.2 Å². The molecule has 0 amide bonds. The van der Waals surface area contributed by atoms with Crippen LogP contribution in [0.5, 0.6) is 0 Å². The Balaban J connectivity index is 2.03. The summed E-state index contributed by atoms with van der Waals surface area (Å²) in [7, 11) is 0. The van der Waals surface area contributed by atoms with Crippen LogP contribution in [-0.4, -0.2) is 19.6 Å². The van der Waals surface area contributed by atoms with E-state index in [2.05, 4.69) is 33.4 Å². The van der Waals surface area contributed by atoms with Gasteiger partial charge in [0.25, 0.3) is 0 Å². The molecule has 4 rings (SSSR count). The number of thiophene rings is 1. The van der Waals surface area contributed by atoms with Crippen molar-refractivity contribution in [1.82, 2.24) is 19.6 Å². The Bertz CT molecular complexity index is 891. The van der Waals surface area contributed by atoms with Crippen LogP contribution in [0.1, 0.15) is 4.88 Å². The molecular formula is C14H10N4S. The van der Waals surface area contributed by atoms with E-state index in [1.807, 2.05) is 24.3 Å². The number of aromatic nitrogens is 4. The van der Waals surface area contributed by atoms with E-state index in [0.717, 1.165) is 27.9 Å². The van der Waals surface area contributed by atoms with Gasteiger partial charge in [0.05, 0.1) is 5.52 Å². The van der Waals surface area contributed by atoms with E-state index in [9.17, 15) is 0 Å². The summed E-state index contributed by atoms with van der Waals surface area (Å²) in [5.74, 6) is 0.752. The minimum Gasteiger partial charge on any atom is -0.236 e. The SMILES string of the molecule is Cc1cc(-c2nc3c4ccccc4ncn3n2)cs1. The van der Waals surface area contributed by atoms with E-state index in [-0.39, 0.29) is 0 Å². The van der Waals surface area contributed by atoms with Crippen molar-refractivity contribution in [2.24, 2.45) is 0 Å². The standard InChI is InChI=1S/C14H10N4S/c1-9-6-10(7-19-9)13-16-14-11-4-2-3-5-12(11)15-8-18(14)17-13/h2-8H,1H3. The number of rotatable bonds is 1. The zero-order valence-electron chi connectivity index (χ0n) is 10.2. The lowest BCUT2D eigenvalue weighted by Crippen LogP contribution is -1.90. The Kier molecular flexibility index (Phi) is 2.16. The fraction of sp³-hybridized carbons (Fsp3) is 0.0714. The molecule has 3 heterocycles. The fourth-order valence-corrected chi connectivity index (χ4v) is 2.84. The normalized spacial score (nSPS) is 11.4. The van der Waals surface area contributed by atoms with Crippen LogP contribution in [0.2, 0.25) is 0 Å². The Morgan fingerprint density at radius 3 is 2.95 bits per heavy atom. The predicted molar refractivity (Wildman–Crippen MR) is 76.3 cm³/mol. The maximum Gasteiger partial charge on any atom is 0.183 e. The zero-order chi connectivity index (χ0) is 12.8. The molecule has 4 aromatic rings. The van der Waals surface area contributed by atoms with E-state index < -0.39 is 0 Å². The van der Waals surface area contributed by atoms with E-state index in [1.54, 1.807) is 22.2 Å². The summed E-state index contributed by atoms with van der Waals surface area (Å²) >= 11 is 1.71. The zero-order valence-corrected chi connectivity index (χ0v) is 11.1. The van der Waals surface area contributed by atoms with Crippen molar-refractivity contribution in [3.8, 4) is 11.4 Å². The quantitative estimate of drug-likeness (QED) is 0.531. The number of para-hydroxylation sites is 1. The first-order valence-corrected chi connectivity index (χ1v) is 6.85. The second-order valence-electron chi connectivity index (χ2n) is 4.41. The molecule has 0 bridgehead atoms. The first-order valence-electron chi connectivity index (χ1n) is 5.97. The van der Waals surface area contributed by atoms with E-state index in [4.69, 9.17) is 0 Å². The van der Waals surface area contributed by atoms with Gasteiger partial charge >= 0.3 is 0 Å². The number of nitrogens with zero attached hydrogens (tertiary/aromatic N) is 4. The highest BCUT2D eigenvalue weighted by Crippen LogP contribution is 2.24. The lowest BCUT2D eigenvalue weighted by Gasteiger charge is -1.96. The molecule has 0 atom stereocenters. The van der Waals surface area contributed by atoms with Crippen molar-refractivity contribution in [2.75, 3.05) is 0 Å². The van der Waals surface area contributed by atoms with E-state index in [1.165, 1.54) is 4.88 Å². The van der Waals surface area contributed by atoms with Gasteiger partial charge in [-0.15, -0.1) is 16.4 Å². The fourth-order valence-electron chi connectivity index (χ4n) is 2.16. The van der Waals surface area contributed by atoms with Crippen molar-refractivity contribution < 1.29 is 0 Å². The van der Waals surface area contributed by atoms with E-state index in [0.29, 0.717) is 0 Å². The molecule has 0 radical (unpaired) electrons. The van der Waals surface area contributed by atoms with Crippen LogP contribution in [0, 0.1) is 6.92 Å². The van der Waals surface area contributed by atoms with Gasteiger partial charge in [-0.1, -0.05) is 12.1 Å². The minimum absolute atomic E-state index is 0.752. The number of hydrogen-bond donors (Lipinski definition) is 0. The molecule has 0 fully saturated rings. The second kappa shape index (κ2) is 3.86. The highest BCUT2D eigenvalue weighted by Gasteiger charge is 2.10. The van der Waals surface area contributed by atoms with Crippen molar-refractivity contribution in [1.29, 1.82) is 0 Å². The van der Waals surface area contributed by atoms with Gasteiger partial charge in [0.1, 0.15) is 6.33 Å². The summed E-state index contributed by atoms with van der Waals surface area (Å²) in [5, 5.41) is 7.60. The summed E-state index contributed by atoms with van der Waals surface area (Å²) in [6, 6.07) is 10.1. The third-order valence-electron chi connectivity index (χ3n) is 3.07.